The first-order valence-corrected chi connectivity index (χ1v) is 3.55. The van der Waals surface area contributed by atoms with Crippen LogP contribution in [0, 0.1) is 5.92 Å². The van der Waals surface area contributed by atoms with Gasteiger partial charge in [0.25, 0.3) is 0 Å². The van der Waals surface area contributed by atoms with E-state index < -0.39 is 24.0 Å². The van der Waals surface area contributed by atoms with Gasteiger partial charge in [-0.2, -0.15) is 0 Å². The van der Waals surface area contributed by atoms with Crippen LogP contribution >= 0.6 is 0 Å². The van der Waals surface area contributed by atoms with Gasteiger partial charge in [-0.15, -0.1) is 0 Å². The topological polar surface area (TPSA) is 52.6 Å². The summed E-state index contributed by atoms with van der Waals surface area (Å²) >= 11 is 0. The Morgan fingerprint density at radius 2 is 2.25 bits per heavy atom. The van der Waals surface area contributed by atoms with Crippen LogP contribution in [0.5, 0.6) is 0 Å². The fourth-order valence-corrected chi connectivity index (χ4v) is 1.18. The van der Waals surface area contributed by atoms with E-state index in [1.54, 1.807) is 6.92 Å². The molecule has 2 unspecified atom stereocenters. The molecular formula is C8H10O4. The Bertz CT molecular complexity index is 243. The first-order valence-electron chi connectivity index (χ1n) is 3.55. The zero-order chi connectivity index (χ0) is 9.30. The van der Waals surface area contributed by atoms with Crippen molar-refractivity contribution in [2.45, 2.75) is 13.0 Å². The molecule has 0 aromatic rings. The van der Waals surface area contributed by atoms with Crippen molar-refractivity contribution in [3.63, 3.8) is 0 Å². The summed E-state index contributed by atoms with van der Waals surface area (Å²) in [6, 6.07) is 0. The average molecular weight is 170 g/mol. The second-order valence-electron chi connectivity index (χ2n) is 2.64. The van der Waals surface area contributed by atoms with E-state index in [2.05, 4.69) is 11.3 Å². The third-order valence-corrected chi connectivity index (χ3v) is 1.86. The van der Waals surface area contributed by atoms with E-state index >= 15 is 0 Å². The molecule has 1 aliphatic heterocycles. The van der Waals surface area contributed by atoms with Gasteiger partial charge < -0.3 is 9.47 Å². The van der Waals surface area contributed by atoms with Gasteiger partial charge in [0.2, 0.25) is 0 Å². The maximum Gasteiger partial charge on any atom is 0.334 e. The lowest BCUT2D eigenvalue weighted by atomic mass is 9.99. The molecule has 0 N–H and O–H groups in total. The lowest BCUT2D eigenvalue weighted by molar-refractivity contribution is -0.146. The highest BCUT2D eigenvalue weighted by molar-refractivity contribution is 5.98. The number of hydrogen-bond acceptors (Lipinski definition) is 4. The van der Waals surface area contributed by atoms with E-state index in [0.29, 0.717) is 0 Å². The van der Waals surface area contributed by atoms with Crippen LogP contribution in [-0.2, 0) is 19.1 Å². The molecule has 0 aromatic carbocycles. The zero-order valence-electron chi connectivity index (χ0n) is 6.99. The van der Waals surface area contributed by atoms with Crippen molar-refractivity contribution >= 4 is 11.9 Å². The van der Waals surface area contributed by atoms with Gasteiger partial charge in [0.15, 0.2) is 0 Å². The Balaban J connectivity index is 2.83. The Hall–Kier alpha value is -1.32. The Morgan fingerprint density at radius 1 is 1.67 bits per heavy atom. The minimum Gasteiger partial charge on any atom is -0.468 e. The second kappa shape index (κ2) is 2.97. The molecule has 0 bridgehead atoms. The molecule has 1 rings (SSSR count). The molecule has 0 radical (unpaired) electrons. The summed E-state index contributed by atoms with van der Waals surface area (Å²) in [5, 5.41) is 0. The van der Waals surface area contributed by atoms with Crippen LogP contribution in [0.3, 0.4) is 0 Å². The lowest BCUT2D eigenvalue weighted by Gasteiger charge is -2.09. The summed E-state index contributed by atoms with van der Waals surface area (Å²) in [5.74, 6) is -1.63. The van der Waals surface area contributed by atoms with E-state index in [4.69, 9.17) is 4.74 Å². The molecule has 0 aromatic heterocycles. The molecule has 1 saturated heterocycles. The summed E-state index contributed by atoms with van der Waals surface area (Å²) in [6.45, 7) is 5.10. The maximum absolute atomic E-state index is 11.1. The number of cyclic esters (lactones) is 1. The molecule has 1 aliphatic rings. The minimum atomic E-state index is -0.637. The number of hydrogen-bond donors (Lipinski definition) is 0. The van der Waals surface area contributed by atoms with Gasteiger partial charge in [0, 0.05) is 5.57 Å². The first kappa shape index (κ1) is 8.77. The Labute approximate surface area is 70.1 Å². The standard InChI is InChI=1S/C8H10O4/c1-4-6(8(10)11-3)5(2)12-7(4)9/h5-6H,1H2,2-3H3. The summed E-state index contributed by atoms with van der Waals surface area (Å²) < 4.78 is 9.26. The largest absolute Gasteiger partial charge is 0.468 e. The molecule has 0 amide bonds. The highest BCUT2D eigenvalue weighted by Gasteiger charge is 2.41. The normalized spacial score (nSPS) is 28.5. The molecule has 1 heterocycles. The molecule has 0 aliphatic carbocycles. The van der Waals surface area contributed by atoms with Gasteiger partial charge in [-0.1, -0.05) is 6.58 Å². The van der Waals surface area contributed by atoms with Gasteiger partial charge >= 0.3 is 11.9 Å². The highest BCUT2D eigenvalue weighted by atomic mass is 16.6. The number of carbonyl (C=O) groups excluding carboxylic acids is 2. The van der Waals surface area contributed by atoms with Crippen molar-refractivity contribution in [2.24, 2.45) is 5.92 Å². The predicted octanol–water partition coefficient (Wildman–Crippen LogP) is 0.277. The molecule has 0 spiro atoms. The van der Waals surface area contributed by atoms with Crippen LogP contribution in [0.25, 0.3) is 0 Å². The van der Waals surface area contributed by atoms with Crippen LogP contribution in [0.2, 0.25) is 0 Å². The number of carbonyl (C=O) groups is 2. The third kappa shape index (κ3) is 1.20. The third-order valence-electron chi connectivity index (χ3n) is 1.86. The van der Waals surface area contributed by atoms with Crippen LogP contribution in [-0.4, -0.2) is 25.2 Å². The molecule has 2 atom stereocenters. The lowest BCUT2D eigenvalue weighted by Crippen LogP contribution is -2.23. The average Bonchev–Trinajstić information content (AvgIpc) is 2.26. The molecule has 4 nitrogen and oxygen atoms in total. The van der Waals surface area contributed by atoms with Gasteiger partial charge in [-0.25, -0.2) is 4.79 Å². The maximum atomic E-state index is 11.1. The number of methoxy groups -OCH3 is 1. The van der Waals surface area contributed by atoms with Gasteiger partial charge in [-0.05, 0) is 6.92 Å². The zero-order valence-corrected chi connectivity index (χ0v) is 6.99. The minimum absolute atomic E-state index is 0.175. The van der Waals surface area contributed by atoms with Crippen LogP contribution < -0.4 is 0 Å². The first-order chi connectivity index (χ1) is 5.57. The summed E-state index contributed by atoms with van der Waals surface area (Å²) in [5.41, 5.74) is 0.175. The molecule has 12 heavy (non-hydrogen) atoms. The van der Waals surface area contributed by atoms with E-state index in [1.165, 1.54) is 7.11 Å². The second-order valence-corrected chi connectivity index (χ2v) is 2.64. The van der Waals surface area contributed by atoms with Crippen LogP contribution in [0.15, 0.2) is 12.2 Å². The predicted molar refractivity (Wildman–Crippen MR) is 40.2 cm³/mol. The molecule has 0 saturated carbocycles. The van der Waals surface area contributed by atoms with Gasteiger partial charge in [0.05, 0.1) is 7.11 Å². The van der Waals surface area contributed by atoms with Crippen molar-refractivity contribution in [1.82, 2.24) is 0 Å². The molecular weight excluding hydrogens is 160 g/mol. The summed E-state index contributed by atoms with van der Waals surface area (Å²) in [4.78, 5) is 22.0. The Morgan fingerprint density at radius 3 is 2.58 bits per heavy atom. The molecule has 66 valence electrons. The van der Waals surface area contributed by atoms with Crippen molar-refractivity contribution in [1.29, 1.82) is 0 Å². The number of ether oxygens (including phenoxy) is 2. The van der Waals surface area contributed by atoms with Crippen molar-refractivity contribution in [3.8, 4) is 0 Å². The SMILES string of the molecule is C=C1C(=O)OC(C)C1C(=O)OC. The fourth-order valence-electron chi connectivity index (χ4n) is 1.18. The molecule has 1 fully saturated rings. The highest BCUT2D eigenvalue weighted by Crippen LogP contribution is 2.26. The molecule has 4 heteroatoms. The summed E-state index contributed by atoms with van der Waals surface area (Å²) in [6.07, 6.45) is -0.461. The van der Waals surface area contributed by atoms with Gasteiger partial charge in [-0.3, -0.25) is 4.79 Å². The van der Waals surface area contributed by atoms with E-state index in [0.717, 1.165) is 0 Å². The number of rotatable bonds is 1. The van der Waals surface area contributed by atoms with Crippen molar-refractivity contribution in [2.75, 3.05) is 7.11 Å². The fraction of sp³-hybridized carbons (Fsp3) is 0.500. The smallest absolute Gasteiger partial charge is 0.334 e. The van der Waals surface area contributed by atoms with Crippen LogP contribution in [0.1, 0.15) is 6.92 Å². The van der Waals surface area contributed by atoms with E-state index in [1.807, 2.05) is 0 Å². The van der Waals surface area contributed by atoms with E-state index in [9.17, 15) is 9.59 Å². The van der Waals surface area contributed by atoms with Crippen LogP contribution in [0.4, 0.5) is 0 Å². The Kier molecular flexibility index (Phi) is 2.17. The number of esters is 2. The van der Waals surface area contributed by atoms with Crippen molar-refractivity contribution < 1.29 is 19.1 Å². The van der Waals surface area contributed by atoms with E-state index in [-0.39, 0.29) is 5.57 Å². The van der Waals surface area contributed by atoms with Crippen molar-refractivity contribution in [3.05, 3.63) is 12.2 Å². The van der Waals surface area contributed by atoms with Gasteiger partial charge in [0.1, 0.15) is 12.0 Å². The quantitative estimate of drug-likeness (QED) is 0.419. The summed E-state index contributed by atoms with van der Waals surface area (Å²) in [7, 11) is 1.27. The monoisotopic (exact) mass is 170 g/mol.